The number of benzene rings is 1. The highest BCUT2D eigenvalue weighted by molar-refractivity contribution is 5.58. The Morgan fingerprint density at radius 2 is 2.19 bits per heavy atom. The predicted octanol–water partition coefficient (Wildman–Crippen LogP) is 1.51. The molecule has 86 valence electrons. The summed E-state index contributed by atoms with van der Waals surface area (Å²) in [7, 11) is 1.42. The van der Waals surface area contributed by atoms with Crippen molar-refractivity contribution < 1.29 is 18.6 Å². The summed E-state index contributed by atoms with van der Waals surface area (Å²) in [6.45, 7) is 0.102. The highest BCUT2D eigenvalue weighted by atomic mass is 19.1. The molecule has 1 aromatic rings. The first-order valence-corrected chi connectivity index (χ1v) is 5.11. The number of ether oxygens (including phenoxy) is 3. The first kappa shape index (κ1) is 9.72. The minimum absolute atomic E-state index is 0.102. The predicted molar refractivity (Wildman–Crippen MR) is 54.2 cm³/mol. The van der Waals surface area contributed by atoms with Gasteiger partial charge in [0, 0.05) is 11.6 Å². The molecule has 0 atom stereocenters. The van der Waals surface area contributed by atoms with Crippen LogP contribution in [0, 0.1) is 5.82 Å². The van der Waals surface area contributed by atoms with Crippen LogP contribution in [0.2, 0.25) is 0 Å². The van der Waals surface area contributed by atoms with E-state index < -0.39 is 11.4 Å². The Hall–Kier alpha value is -1.49. The van der Waals surface area contributed by atoms with Crippen molar-refractivity contribution in [2.24, 2.45) is 5.73 Å². The van der Waals surface area contributed by atoms with Crippen LogP contribution < -0.4 is 19.9 Å². The van der Waals surface area contributed by atoms with Crippen molar-refractivity contribution in [3.8, 4) is 17.2 Å². The summed E-state index contributed by atoms with van der Waals surface area (Å²) in [5.74, 6) is 0.644. The second kappa shape index (κ2) is 3.01. The second-order valence-electron chi connectivity index (χ2n) is 4.16. The second-order valence-corrected chi connectivity index (χ2v) is 4.16. The Labute approximate surface area is 92.1 Å². The molecule has 1 fully saturated rings. The van der Waals surface area contributed by atoms with E-state index in [1.54, 1.807) is 0 Å². The van der Waals surface area contributed by atoms with Crippen LogP contribution in [0.3, 0.4) is 0 Å². The van der Waals surface area contributed by atoms with Gasteiger partial charge in [0.05, 0.1) is 12.7 Å². The molecular formula is C11H12FNO3. The molecule has 0 saturated heterocycles. The van der Waals surface area contributed by atoms with Crippen LogP contribution in [0.15, 0.2) is 6.07 Å². The summed E-state index contributed by atoms with van der Waals surface area (Å²) in [4.78, 5) is 0. The highest BCUT2D eigenvalue weighted by Crippen LogP contribution is 2.53. The topological polar surface area (TPSA) is 53.7 Å². The van der Waals surface area contributed by atoms with Crippen molar-refractivity contribution in [1.29, 1.82) is 0 Å². The maximum atomic E-state index is 14.1. The Bertz CT molecular complexity index is 456. The van der Waals surface area contributed by atoms with E-state index in [0.29, 0.717) is 17.1 Å². The molecule has 0 aromatic heterocycles. The van der Waals surface area contributed by atoms with Crippen LogP contribution >= 0.6 is 0 Å². The monoisotopic (exact) mass is 225 g/mol. The number of halogens is 1. The lowest BCUT2D eigenvalue weighted by Crippen LogP contribution is -2.21. The van der Waals surface area contributed by atoms with Crippen LogP contribution in [0.5, 0.6) is 17.2 Å². The van der Waals surface area contributed by atoms with Gasteiger partial charge in [0.25, 0.3) is 0 Å². The quantitative estimate of drug-likeness (QED) is 0.828. The molecule has 1 aromatic carbocycles. The summed E-state index contributed by atoms with van der Waals surface area (Å²) < 4.78 is 29.6. The largest absolute Gasteiger partial charge is 0.494 e. The van der Waals surface area contributed by atoms with Crippen molar-refractivity contribution in [1.82, 2.24) is 0 Å². The average Bonchev–Trinajstić information content (AvgIpc) is 2.84. The average molecular weight is 225 g/mol. The first-order valence-electron chi connectivity index (χ1n) is 5.11. The molecule has 4 nitrogen and oxygen atoms in total. The third kappa shape index (κ3) is 1.18. The zero-order valence-electron chi connectivity index (χ0n) is 8.88. The fraction of sp³-hybridized carbons (Fsp3) is 0.455. The van der Waals surface area contributed by atoms with Crippen molar-refractivity contribution in [3.63, 3.8) is 0 Å². The van der Waals surface area contributed by atoms with Gasteiger partial charge in [-0.15, -0.1) is 0 Å². The van der Waals surface area contributed by atoms with Gasteiger partial charge in [0.15, 0.2) is 23.1 Å². The van der Waals surface area contributed by atoms with Crippen LogP contribution in [0.4, 0.5) is 4.39 Å². The minimum atomic E-state index is -0.615. The van der Waals surface area contributed by atoms with Gasteiger partial charge in [0.1, 0.15) is 0 Å². The number of hydrogen-bond acceptors (Lipinski definition) is 4. The molecule has 5 heteroatoms. The number of methoxy groups -OCH3 is 1. The number of fused-ring (bicyclic) bond motifs is 1. The van der Waals surface area contributed by atoms with E-state index in [4.69, 9.17) is 19.9 Å². The third-order valence-corrected chi connectivity index (χ3v) is 3.07. The lowest BCUT2D eigenvalue weighted by Gasteiger charge is -2.15. The van der Waals surface area contributed by atoms with Gasteiger partial charge in [-0.25, -0.2) is 4.39 Å². The number of hydrogen-bond donors (Lipinski definition) is 1. The summed E-state index contributed by atoms with van der Waals surface area (Å²) in [5, 5.41) is 0. The van der Waals surface area contributed by atoms with Crippen LogP contribution in [-0.4, -0.2) is 13.9 Å². The van der Waals surface area contributed by atoms with Crippen LogP contribution in [0.25, 0.3) is 0 Å². The van der Waals surface area contributed by atoms with E-state index in [1.807, 2.05) is 0 Å². The van der Waals surface area contributed by atoms with Gasteiger partial charge in [0.2, 0.25) is 6.79 Å². The van der Waals surface area contributed by atoms with Crippen molar-refractivity contribution in [3.05, 3.63) is 17.4 Å². The molecule has 0 amide bonds. The summed E-state index contributed by atoms with van der Waals surface area (Å²) in [6.07, 6.45) is 1.51. The van der Waals surface area contributed by atoms with Gasteiger partial charge in [-0.05, 0) is 12.8 Å². The van der Waals surface area contributed by atoms with E-state index in [2.05, 4.69) is 0 Å². The van der Waals surface area contributed by atoms with E-state index >= 15 is 0 Å². The van der Waals surface area contributed by atoms with Crippen molar-refractivity contribution >= 4 is 0 Å². The van der Waals surface area contributed by atoms with E-state index in [-0.39, 0.29) is 12.5 Å². The SMILES string of the molecule is COc1cc2c(c(C3(N)CC3)c1F)OCO2. The van der Waals surface area contributed by atoms with Gasteiger partial charge >= 0.3 is 0 Å². The Morgan fingerprint density at radius 1 is 1.44 bits per heavy atom. The van der Waals surface area contributed by atoms with Crippen molar-refractivity contribution in [2.75, 3.05) is 13.9 Å². The molecule has 2 N–H and O–H groups in total. The standard InChI is InChI=1S/C11H12FNO3/c1-14-6-4-7-10(16-5-15-7)8(9(6)12)11(13)2-3-11/h4H,2-3,5,13H2,1H3. The maximum Gasteiger partial charge on any atom is 0.231 e. The molecule has 1 aliphatic carbocycles. The van der Waals surface area contributed by atoms with Gasteiger partial charge in [-0.2, -0.15) is 0 Å². The highest BCUT2D eigenvalue weighted by Gasteiger charge is 2.47. The lowest BCUT2D eigenvalue weighted by atomic mass is 10.0. The van der Waals surface area contributed by atoms with E-state index in [0.717, 1.165) is 12.8 Å². The normalized spacial score (nSPS) is 19.7. The lowest BCUT2D eigenvalue weighted by molar-refractivity contribution is 0.172. The number of nitrogens with two attached hydrogens (primary N) is 1. The fourth-order valence-electron chi connectivity index (χ4n) is 1.97. The van der Waals surface area contributed by atoms with Gasteiger partial charge in [-0.3, -0.25) is 0 Å². The van der Waals surface area contributed by atoms with Crippen LogP contribution in [-0.2, 0) is 5.54 Å². The van der Waals surface area contributed by atoms with Gasteiger partial charge in [-0.1, -0.05) is 0 Å². The molecular weight excluding hydrogens is 213 g/mol. The first-order chi connectivity index (χ1) is 7.65. The van der Waals surface area contributed by atoms with Gasteiger partial charge < -0.3 is 19.9 Å². The molecule has 1 heterocycles. The minimum Gasteiger partial charge on any atom is -0.494 e. The molecule has 0 radical (unpaired) electrons. The number of rotatable bonds is 2. The fourth-order valence-corrected chi connectivity index (χ4v) is 1.97. The summed E-state index contributed by atoms with van der Waals surface area (Å²) in [5.41, 5.74) is 5.81. The Kier molecular flexibility index (Phi) is 1.83. The maximum absolute atomic E-state index is 14.1. The molecule has 2 aliphatic rings. The smallest absolute Gasteiger partial charge is 0.231 e. The van der Waals surface area contributed by atoms with Crippen molar-refractivity contribution in [2.45, 2.75) is 18.4 Å². The molecule has 1 aliphatic heterocycles. The third-order valence-electron chi connectivity index (χ3n) is 3.07. The molecule has 16 heavy (non-hydrogen) atoms. The molecule has 3 rings (SSSR count). The zero-order chi connectivity index (χ0) is 11.3. The summed E-state index contributed by atoms with van der Waals surface area (Å²) in [6, 6.07) is 1.49. The Balaban J connectivity index is 2.24. The Morgan fingerprint density at radius 3 is 2.81 bits per heavy atom. The molecule has 0 unspecified atom stereocenters. The molecule has 0 spiro atoms. The van der Waals surface area contributed by atoms with E-state index in [1.165, 1.54) is 13.2 Å². The molecule has 1 saturated carbocycles. The molecule has 0 bridgehead atoms. The zero-order valence-corrected chi connectivity index (χ0v) is 8.88. The van der Waals surface area contributed by atoms with Crippen LogP contribution in [0.1, 0.15) is 18.4 Å². The summed E-state index contributed by atoms with van der Waals surface area (Å²) >= 11 is 0. The van der Waals surface area contributed by atoms with E-state index in [9.17, 15) is 4.39 Å².